The van der Waals surface area contributed by atoms with Crippen LogP contribution in [-0.2, 0) is 0 Å². The van der Waals surface area contributed by atoms with E-state index in [9.17, 15) is 0 Å². The molecule has 2 aromatic rings. The number of nitrogens with zero attached hydrogens (tertiary/aromatic N) is 1. The van der Waals surface area contributed by atoms with Crippen molar-refractivity contribution >= 4 is 66.4 Å². The van der Waals surface area contributed by atoms with E-state index in [4.69, 9.17) is 28.5 Å². The summed E-state index contributed by atoms with van der Waals surface area (Å²) in [5.41, 5.74) is 1.84. The summed E-state index contributed by atoms with van der Waals surface area (Å²) in [6, 6.07) is 11.1. The maximum Gasteiger partial charge on any atom is 0.101 e. The average Bonchev–Trinajstić information content (AvgIpc) is 2.41. The number of anilines is 2. The van der Waals surface area contributed by atoms with Crippen molar-refractivity contribution in [3.8, 4) is 6.07 Å². The molecule has 19 heavy (non-hydrogen) atoms. The molecule has 0 amide bonds. The van der Waals surface area contributed by atoms with Crippen molar-refractivity contribution in [1.82, 2.24) is 0 Å². The Labute approximate surface area is 137 Å². The zero-order valence-corrected chi connectivity index (χ0v) is 14.0. The van der Waals surface area contributed by atoms with Crippen molar-refractivity contribution in [2.24, 2.45) is 0 Å². The van der Waals surface area contributed by atoms with E-state index >= 15 is 0 Å². The second-order valence-corrected chi connectivity index (χ2v) is 6.18. The molecular weight excluding hydrogens is 415 g/mol. The SMILES string of the molecule is N#Cc1cc(Br)ccc1Nc1ccc(Br)c(Cl)c1Cl. The third-order valence-corrected chi connectivity index (χ3v) is 4.67. The molecule has 96 valence electrons. The molecule has 0 aromatic heterocycles. The van der Waals surface area contributed by atoms with E-state index in [1.54, 1.807) is 24.3 Å². The van der Waals surface area contributed by atoms with Gasteiger partial charge in [-0.15, -0.1) is 0 Å². The van der Waals surface area contributed by atoms with Crippen LogP contribution < -0.4 is 5.32 Å². The Morgan fingerprint density at radius 1 is 1.00 bits per heavy atom. The van der Waals surface area contributed by atoms with E-state index < -0.39 is 0 Å². The van der Waals surface area contributed by atoms with Crippen molar-refractivity contribution in [3.05, 3.63) is 54.9 Å². The van der Waals surface area contributed by atoms with Crippen LogP contribution >= 0.6 is 55.1 Å². The minimum atomic E-state index is 0.405. The lowest BCUT2D eigenvalue weighted by atomic mass is 10.2. The van der Waals surface area contributed by atoms with E-state index in [1.165, 1.54) is 0 Å². The maximum atomic E-state index is 9.11. The molecule has 0 radical (unpaired) electrons. The number of hydrogen-bond donors (Lipinski definition) is 1. The average molecular weight is 421 g/mol. The van der Waals surface area contributed by atoms with Crippen LogP contribution in [0, 0.1) is 11.3 Å². The van der Waals surface area contributed by atoms with Gasteiger partial charge in [0, 0.05) is 8.95 Å². The molecule has 0 saturated heterocycles. The van der Waals surface area contributed by atoms with Crippen LogP contribution in [0.2, 0.25) is 10.0 Å². The van der Waals surface area contributed by atoms with Crippen LogP contribution in [0.3, 0.4) is 0 Å². The van der Waals surface area contributed by atoms with Gasteiger partial charge in [0.2, 0.25) is 0 Å². The summed E-state index contributed by atoms with van der Waals surface area (Å²) < 4.78 is 1.57. The lowest BCUT2D eigenvalue weighted by Gasteiger charge is -2.11. The molecule has 0 fully saturated rings. The van der Waals surface area contributed by atoms with Crippen LogP contribution in [0.25, 0.3) is 0 Å². The van der Waals surface area contributed by atoms with Gasteiger partial charge in [-0.2, -0.15) is 5.26 Å². The fourth-order valence-electron chi connectivity index (χ4n) is 1.49. The highest BCUT2D eigenvalue weighted by atomic mass is 79.9. The third-order valence-electron chi connectivity index (χ3n) is 2.41. The Hall–Kier alpha value is -0.730. The first-order valence-electron chi connectivity index (χ1n) is 5.13. The highest BCUT2D eigenvalue weighted by molar-refractivity contribution is 9.10. The van der Waals surface area contributed by atoms with Crippen LogP contribution in [0.4, 0.5) is 11.4 Å². The molecule has 6 heteroatoms. The fraction of sp³-hybridized carbons (Fsp3) is 0. The molecule has 0 spiro atoms. The first-order chi connectivity index (χ1) is 9.02. The van der Waals surface area contributed by atoms with Crippen molar-refractivity contribution in [3.63, 3.8) is 0 Å². The van der Waals surface area contributed by atoms with Gasteiger partial charge in [-0.1, -0.05) is 39.1 Å². The van der Waals surface area contributed by atoms with Crippen molar-refractivity contribution < 1.29 is 0 Å². The van der Waals surface area contributed by atoms with E-state index in [0.717, 1.165) is 8.95 Å². The van der Waals surface area contributed by atoms with Crippen molar-refractivity contribution in [2.45, 2.75) is 0 Å². The summed E-state index contributed by atoms with van der Waals surface area (Å²) in [7, 11) is 0. The number of nitriles is 1. The van der Waals surface area contributed by atoms with Crippen molar-refractivity contribution in [2.75, 3.05) is 5.32 Å². The summed E-state index contributed by atoms with van der Waals surface area (Å²) in [5.74, 6) is 0. The van der Waals surface area contributed by atoms with E-state index in [1.807, 2.05) is 6.07 Å². The molecule has 1 N–H and O–H groups in total. The first kappa shape index (κ1) is 14.7. The van der Waals surface area contributed by atoms with Gasteiger partial charge < -0.3 is 5.32 Å². The minimum Gasteiger partial charge on any atom is -0.353 e. The Balaban J connectivity index is 2.43. The zero-order chi connectivity index (χ0) is 14.0. The van der Waals surface area contributed by atoms with Gasteiger partial charge in [-0.3, -0.25) is 0 Å². The summed E-state index contributed by atoms with van der Waals surface area (Å²) in [6.07, 6.45) is 0. The summed E-state index contributed by atoms with van der Waals surface area (Å²) in [6.45, 7) is 0. The summed E-state index contributed by atoms with van der Waals surface area (Å²) in [5, 5.41) is 13.1. The predicted molar refractivity (Wildman–Crippen MR) is 86.3 cm³/mol. The quantitative estimate of drug-likeness (QED) is 0.593. The molecule has 2 aromatic carbocycles. The molecule has 0 aliphatic carbocycles. The van der Waals surface area contributed by atoms with Gasteiger partial charge in [-0.05, 0) is 46.3 Å². The van der Waals surface area contributed by atoms with Crippen LogP contribution in [-0.4, -0.2) is 0 Å². The van der Waals surface area contributed by atoms with Gasteiger partial charge in [0.05, 0.1) is 27.0 Å². The molecule has 0 unspecified atom stereocenters. The number of nitrogens with one attached hydrogen (secondary N) is 1. The number of halogens is 4. The van der Waals surface area contributed by atoms with Crippen LogP contribution in [0.5, 0.6) is 0 Å². The molecular formula is C13H6Br2Cl2N2. The maximum absolute atomic E-state index is 9.11. The lowest BCUT2D eigenvalue weighted by molar-refractivity contribution is 1.45. The molecule has 0 atom stereocenters. The smallest absolute Gasteiger partial charge is 0.101 e. The Morgan fingerprint density at radius 2 is 1.68 bits per heavy atom. The van der Waals surface area contributed by atoms with Gasteiger partial charge in [0.25, 0.3) is 0 Å². The third kappa shape index (κ3) is 3.24. The monoisotopic (exact) mass is 418 g/mol. The highest BCUT2D eigenvalue weighted by Gasteiger charge is 2.10. The number of rotatable bonds is 2. The number of hydrogen-bond acceptors (Lipinski definition) is 2. The Morgan fingerprint density at radius 3 is 2.37 bits per heavy atom. The largest absolute Gasteiger partial charge is 0.353 e. The number of benzene rings is 2. The van der Waals surface area contributed by atoms with Gasteiger partial charge >= 0.3 is 0 Å². The first-order valence-corrected chi connectivity index (χ1v) is 7.47. The van der Waals surface area contributed by atoms with E-state index in [2.05, 4.69) is 43.2 Å². The molecule has 2 nitrogen and oxygen atoms in total. The summed E-state index contributed by atoms with van der Waals surface area (Å²) >= 11 is 18.8. The predicted octanol–water partition coefficient (Wildman–Crippen LogP) is 6.13. The molecule has 0 aliphatic heterocycles. The standard InChI is InChI=1S/C13H6Br2Cl2N2/c14-8-1-3-10(7(5-8)6-18)19-11-4-2-9(15)12(16)13(11)17/h1-5,19H. The van der Waals surface area contributed by atoms with Crippen LogP contribution in [0.1, 0.15) is 5.56 Å². The second kappa shape index (κ2) is 6.15. The second-order valence-electron chi connectivity index (χ2n) is 3.65. The molecule has 0 heterocycles. The molecule has 0 saturated carbocycles. The topological polar surface area (TPSA) is 35.8 Å². The van der Waals surface area contributed by atoms with Crippen LogP contribution in [0.15, 0.2) is 39.3 Å². The van der Waals surface area contributed by atoms with Gasteiger partial charge in [0.1, 0.15) is 6.07 Å². The van der Waals surface area contributed by atoms with E-state index in [0.29, 0.717) is 27.0 Å². The lowest BCUT2D eigenvalue weighted by Crippen LogP contribution is -1.95. The van der Waals surface area contributed by atoms with Crippen molar-refractivity contribution in [1.29, 1.82) is 5.26 Å². The van der Waals surface area contributed by atoms with Gasteiger partial charge in [0.15, 0.2) is 0 Å². The highest BCUT2D eigenvalue weighted by Crippen LogP contribution is 2.37. The fourth-order valence-corrected chi connectivity index (χ4v) is 2.67. The molecule has 2 rings (SSSR count). The van der Waals surface area contributed by atoms with Gasteiger partial charge in [-0.25, -0.2) is 0 Å². The zero-order valence-electron chi connectivity index (χ0n) is 9.35. The molecule has 0 aliphatic rings. The normalized spacial score (nSPS) is 10.1. The summed E-state index contributed by atoms with van der Waals surface area (Å²) in [4.78, 5) is 0. The molecule has 0 bridgehead atoms. The van der Waals surface area contributed by atoms with E-state index in [-0.39, 0.29) is 0 Å². The Bertz CT molecular complexity index is 681. The Kier molecular flexibility index (Phi) is 4.75. The minimum absolute atomic E-state index is 0.405.